The van der Waals surface area contributed by atoms with E-state index in [-0.39, 0.29) is 16.3 Å². The summed E-state index contributed by atoms with van der Waals surface area (Å²) in [6.07, 6.45) is 1.30. The van der Waals surface area contributed by atoms with Gasteiger partial charge in [0.05, 0.1) is 10.7 Å². The lowest BCUT2D eigenvalue weighted by Crippen LogP contribution is -2.15. The van der Waals surface area contributed by atoms with Crippen LogP contribution in [0.3, 0.4) is 0 Å². The van der Waals surface area contributed by atoms with Gasteiger partial charge in [0, 0.05) is 28.3 Å². The maximum absolute atomic E-state index is 12.3. The average Bonchev–Trinajstić information content (AvgIpc) is 2.65. The lowest BCUT2D eigenvalue weighted by Gasteiger charge is -2.09. The lowest BCUT2D eigenvalue weighted by atomic mass is 10.1. The van der Waals surface area contributed by atoms with Crippen LogP contribution in [0.25, 0.3) is 10.8 Å². The van der Waals surface area contributed by atoms with Crippen molar-refractivity contribution in [3.8, 4) is 11.8 Å². The summed E-state index contributed by atoms with van der Waals surface area (Å²) in [5.41, 5.74) is 6.95. The molecule has 0 heterocycles. The number of nitriles is 1. The summed E-state index contributed by atoms with van der Waals surface area (Å²) >= 11 is 6.04. The molecule has 0 saturated heterocycles. The molecule has 6 nitrogen and oxygen atoms in total. The first-order chi connectivity index (χ1) is 13.0. The van der Waals surface area contributed by atoms with Crippen molar-refractivity contribution in [2.24, 2.45) is 0 Å². The van der Waals surface area contributed by atoms with Crippen LogP contribution in [0.4, 0.5) is 17.1 Å². The van der Waals surface area contributed by atoms with Crippen LogP contribution < -0.4 is 16.4 Å². The van der Waals surface area contributed by atoms with Gasteiger partial charge in [-0.1, -0.05) is 35.9 Å². The summed E-state index contributed by atoms with van der Waals surface area (Å²) in [6.45, 7) is 0. The molecule has 3 rings (SSSR count). The third-order valence-electron chi connectivity index (χ3n) is 3.88. The number of aromatic hydroxyl groups is 1. The maximum atomic E-state index is 12.3. The summed E-state index contributed by atoms with van der Waals surface area (Å²) in [5, 5.41) is 26.5. The Labute approximate surface area is 160 Å². The van der Waals surface area contributed by atoms with E-state index in [9.17, 15) is 15.2 Å². The molecule has 3 aromatic carbocycles. The summed E-state index contributed by atoms with van der Waals surface area (Å²) < 4.78 is 0. The third kappa shape index (κ3) is 3.94. The molecule has 134 valence electrons. The fourth-order valence-electron chi connectivity index (χ4n) is 2.54. The largest absolute Gasteiger partial charge is 0.507 e. The first-order valence-corrected chi connectivity index (χ1v) is 8.31. The molecule has 3 aromatic rings. The molecule has 1 amide bonds. The number of nitrogens with one attached hydrogen (secondary N) is 2. The molecule has 0 aliphatic carbocycles. The molecule has 0 bridgehead atoms. The number of hydrogen-bond acceptors (Lipinski definition) is 5. The van der Waals surface area contributed by atoms with Gasteiger partial charge in [-0.2, -0.15) is 5.26 Å². The number of carbonyl (C=O) groups excluding carboxylic acids is 1. The number of hydrogen-bond donors (Lipinski definition) is 4. The monoisotopic (exact) mass is 378 g/mol. The van der Waals surface area contributed by atoms with E-state index in [1.54, 1.807) is 42.5 Å². The van der Waals surface area contributed by atoms with Gasteiger partial charge in [-0.05, 0) is 30.3 Å². The Morgan fingerprint density at radius 1 is 1.11 bits per heavy atom. The van der Waals surface area contributed by atoms with Gasteiger partial charge in [-0.3, -0.25) is 4.79 Å². The zero-order valence-electron chi connectivity index (χ0n) is 14.0. The van der Waals surface area contributed by atoms with E-state index in [0.717, 1.165) is 5.39 Å². The number of phenols is 1. The number of nitrogen functional groups attached to an aromatic ring is 1. The van der Waals surface area contributed by atoms with Crippen molar-refractivity contribution in [1.29, 1.82) is 5.26 Å². The first kappa shape index (κ1) is 18.1. The van der Waals surface area contributed by atoms with E-state index in [1.165, 1.54) is 12.3 Å². The molecule has 7 heteroatoms. The predicted octanol–water partition coefficient (Wildman–Crippen LogP) is 4.24. The van der Waals surface area contributed by atoms with Crippen LogP contribution in [0, 0.1) is 11.3 Å². The van der Waals surface area contributed by atoms with Crippen molar-refractivity contribution in [3.05, 3.63) is 71.4 Å². The second kappa shape index (κ2) is 7.68. The summed E-state index contributed by atoms with van der Waals surface area (Å²) in [4.78, 5) is 12.3. The van der Waals surface area contributed by atoms with Crippen molar-refractivity contribution in [1.82, 2.24) is 0 Å². The highest BCUT2D eigenvalue weighted by Crippen LogP contribution is 2.30. The summed E-state index contributed by atoms with van der Waals surface area (Å²) in [7, 11) is 0. The minimum Gasteiger partial charge on any atom is -0.507 e. The normalized spacial score (nSPS) is 11.0. The molecular weight excluding hydrogens is 364 g/mol. The Morgan fingerprint density at radius 3 is 2.59 bits per heavy atom. The molecule has 0 aliphatic rings. The third-order valence-corrected chi connectivity index (χ3v) is 4.19. The van der Waals surface area contributed by atoms with Crippen molar-refractivity contribution in [2.75, 3.05) is 16.4 Å². The van der Waals surface area contributed by atoms with E-state index in [2.05, 4.69) is 10.6 Å². The van der Waals surface area contributed by atoms with Crippen molar-refractivity contribution < 1.29 is 9.90 Å². The first-order valence-electron chi connectivity index (χ1n) is 7.93. The highest BCUT2D eigenvalue weighted by molar-refractivity contribution is 6.34. The molecule has 0 spiro atoms. The number of benzene rings is 3. The number of nitrogens with zero attached hydrogens (tertiary/aromatic N) is 1. The zero-order chi connectivity index (χ0) is 19.4. The minimum atomic E-state index is -0.611. The highest BCUT2D eigenvalue weighted by atomic mass is 35.5. The van der Waals surface area contributed by atoms with E-state index < -0.39 is 5.91 Å². The quantitative estimate of drug-likeness (QED) is 0.308. The minimum absolute atomic E-state index is 0.139. The Kier molecular flexibility index (Phi) is 5.15. The second-order valence-corrected chi connectivity index (χ2v) is 6.09. The second-order valence-electron chi connectivity index (χ2n) is 5.69. The highest BCUT2D eigenvalue weighted by Gasteiger charge is 2.12. The number of nitrogens with two attached hydrogens (primary N) is 1. The molecule has 0 radical (unpaired) electrons. The molecule has 0 fully saturated rings. The van der Waals surface area contributed by atoms with Gasteiger partial charge >= 0.3 is 0 Å². The predicted molar refractivity (Wildman–Crippen MR) is 107 cm³/mol. The van der Waals surface area contributed by atoms with E-state index in [4.69, 9.17) is 17.3 Å². The number of amides is 1. The number of rotatable bonds is 4. The summed E-state index contributed by atoms with van der Waals surface area (Å²) in [6, 6.07) is 17.0. The molecular formula is C20H15ClN4O2. The van der Waals surface area contributed by atoms with Gasteiger partial charge in [0.25, 0.3) is 5.91 Å². The van der Waals surface area contributed by atoms with Crippen LogP contribution in [0.1, 0.15) is 0 Å². The lowest BCUT2D eigenvalue weighted by molar-refractivity contribution is -0.112. The van der Waals surface area contributed by atoms with E-state index in [0.29, 0.717) is 22.4 Å². The Morgan fingerprint density at radius 2 is 1.85 bits per heavy atom. The number of phenolic OH excluding ortho intramolecular Hbond substituents is 1. The van der Waals surface area contributed by atoms with E-state index in [1.807, 2.05) is 12.1 Å². The molecule has 0 atom stereocenters. The van der Waals surface area contributed by atoms with Crippen molar-refractivity contribution in [2.45, 2.75) is 0 Å². The molecule has 0 saturated carbocycles. The molecule has 0 aromatic heterocycles. The van der Waals surface area contributed by atoms with Crippen LogP contribution in [-0.4, -0.2) is 11.0 Å². The van der Waals surface area contributed by atoms with Gasteiger partial charge in [0.2, 0.25) is 0 Å². The van der Waals surface area contributed by atoms with Crippen molar-refractivity contribution >= 4 is 45.3 Å². The van der Waals surface area contributed by atoms with Gasteiger partial charge < -0.3 is 21.5 Å². The van der Waals surface area contributed by atoms with Gasteiger partial charge in [0.15, 0.2) is 0 Å². The number of halogens is 1. The number of anilines is 3. The summed E-state index contributed by atoms with van der Waals surface area (Å²) in [5.74, 6) is -0.462. The number of fused-ring (bicyclic) bond motifs is 1. The SMILES string of the molecule is N#C/C(=C/Nc1cccc2c(O)cccc12)C(=O)Nc1ccc(N)cc1Cl. The molecule has 27 heavy (non-hydrogen) atoms. The van der Waals surface area contributed by atoms with Crippen LogP contribution in [-0.2, 0) is 4.79 Å². The Bertz CT molecular complexity index is 1100. The smallest absolute Gasteiger partial charge is 0.267 e. The molecule has 5 N–H and O–H groups in total. The van der Waals surface area contributed by atoms with Gasteiger partial charge in [0.1, 0.15) is 17.4 Å². The van der Waals surface area contributed by atoms with Gasteiger partial charge in [-0.15, -0.1) is 0 Å². The van der Waals surface area contributed by atoms with Crippen LogP contribution >= 0.6 is 11.6 Å². The van der Waals surface area contributed by atoms with E-state index >= 15 is 0 Å². The average molecular weight is 379 g/mol. The Hall–Kier alpha value is -3.69. The fraction of sp³-hybridized carbons (Fsp3) is 0. The van der Waals surface area contributed by atoms with Crippen molar-refractivity contribution in [3.63, 3.8) is 0 Å². The topological polar surface area (TPSA) is 111 Å². The molecule has 0 unspecified atom stereocenters. The molecule has 0 aliphatic heterocycles. The zero-order valence-corrected chi connectivity index (χ0v) is 14.8. The fourth-order valence-corrected chi connectivity index (χ4v) is 2.78. The van der Waals surface area contributed by atoms with Crippen LogP contribution in [0.15, 0.2) is 66.4 Å². The van der Waals surface area contributed by atoms with Gasteiger partial charge in [-0.25, -0.2) is 0 Å². The standard InChI is InChI=1S/C20H15ClN4O2/c21-16-9-13(23)7-8-18(16)25-20(27)12(10-22)11-24-17-5-1-4-15-14(17)3-2-6-19(15)26/h1-9,11,24,26H,23H2,(H,25,27)/b12-11-. The maximum Gasteiger partial charge on any atom is 0.267 e. The van der Waals surface area contributed by atoms with Crippen LogP contribution in [0.2, 0.25) is 5.02 Å². The van der Waals surface area contributed by atoms with Crippen LogP contribution in [0.5, 0.6) is 5.75 Å². The Balaban J connectivity index is 1.84. The number of carbonyl (C=O) groups is 1.